The van der Waals surface area contributed by atoms with Crippen molar-refractivity contribution in [2.75, 3.05) is 20.8 Å². The first-order valence-electron chi connectivity index (χ1n) is 10.8. The number of ether oxygens (including phenoxy) is 3. The Morgan fingerprint density at radius 2 is 2.17 bits per heavy atom. The van der Waals surface area contributed by atoms with Crippen molar-refractivity contribution >= 4 is 5.91 Å². The zero-order valence-electron chi connectivity index (χ0n) is 18.1. The lowest BCUT2D eigenvalue weighted by Gasteiger charge is -2.18. The normalized spacial score (nSPS) is 16.6. The van der Waals surface area contributed by atoms with Crippen molar-refractivity contribution in [3.8, 4) is 11.5 Å². The standard InChI is InChI=1S/C23H31N3O4/c1-15(18-12-17(28-2)6-8-22(18)29-3)24-23(27)9-7-20-19-14-30-11-10-21(19)26(25-20)13-16-4-5-16/h6,8,12,15-16H,4-5,7,9-11,13-14H2,1-3H3,(H,24,27). The van der Waals surface area contributed by atoms with Crippen molar-refractivity contribution in [2.24, 2.45) is 5.92 Å². The lowest BCUT2D eigenvalue weighted by Crippen LogP contribution is -2.27. The molecule has 1 saturated carbocycles. The third kappa shape index (κ3) is 4.61. The molecule has 4 rings (SSSR count). The molecule has 0 saturated heterocycles. The lowest BCUT2D eigenvalue weighted by atomic mass is 10.0. The Morgan fingerprint density at radius 3 is 2.90 bits per heavy atom. The maximum atomic E-state index is 12.7. The fourth-order valence-corrected chi connectivity index (χ4v) is 4.08. The van der Waals surface area contributed by atoms with E-state index in [1.54, 1.807) is 14.2 Å². The first-order valence-corrected chi connectivity index (χ1v) is 10.8. The lowest BCUT2D eigenvalue weighted by molar-refractivity contribution is -0.121. The van der Waals surface area contributed by atoms with E-state index < -0.39 is 0 Å². The maximum absolute atomic E-state index is 12.7. The smallest absolute Gasteiger partial charge is 0.220 e. The second-order valence-corrected chi connectivity index (χ2v) is 8.20. The van der Waals surface area contributed by atoms with Crippen molar-refractivity contribution in [1.82, 2.24) is 15.1 Å². The summed E-state index contributed by atoms with van der Waals surface area (Å²) in [6.45, 7) is 4.31. The molecule has 30 heavy (non-hydrogen) atoms. The summed E-state index contributed by atoms with van der Waals surface area (Å²) in [7, 11) is 3.25. The molecule has 0 radical (unpaired) electrons. The number of rotatable bonds is 9. The number of fused-ring (bicyclic) bond motifs is 1. The van der Waals surface area contributed by atoms with Crippen LogP contribution in [0.15, 0.2) is 18.2 Å². The van der Waals surface area contributed by atoms with Gasteiger partial charge in [-0.05, 0) is 43.9 Å². The summed E-state index contributed by atoms with van der Waals surface area (Å²) in [6.07, 6.45) is 4.53. The Labute approximate surface area is 177 Å². The van der Waals surface area contributed by atoms with Crippen LogP contribution in [0.25, 0.3) is 0 Å². The van der Waals surface area contributed by atoms with Gasteiger partial charge in [-0.3, -0.25) is 9.48 Å². The second kappa shape index (κ2) is 9.08. The number of carbonyl (C=O) groups is 1. The monoisotopic (exact) mass is 413 g/mol. The Morgan fingerprint density at radius 1 is 1.33 bits per heavy atom. The van der Waals surface area contributed by atoms with Crippen LogP contribution in [0.1, 0.15) is 54.7 Å². The largest absolute Gasteiger partial charge is 0.497 e. The second-order valence-electron chi connectivity index (χ2n) is 8.20. The minimum absolute atomic E-state index is 0.00501. The molecule has 1 unspecified atom stereocenters. The van der Waals surface area contributed by atoms with E-state index >= 15 is 0 Å². The molecule has 2 aliphatic rings. The van der Waals surface area contributed by atoms with Gasteiger partial charge in [0, 0.05) is 42.6 Å². The maximum Gasteiger partial charge on any atom is 0.220 e. The number of hydrogen-bond donors (Lipinski definition) is 1. The molecule has 2 heterocycles. The first-order chi connectivity index (χ1) is 14.6. The topological polar surface area (TPSA) is 74.6 Å². The molecular formula is C23H31N3O4. The van der Waals surface area contributed by atoms with E-state index in [-0.39, 0.29) is 11.9 Å². The molecule has 1 aliphatic carbocycles. The van der Waals surface area contributed by atoms with Crippen LogP contribution in [0.4, 0.5) is 0 Å². The summed E-state index contributed by atoms with van der Waals surface area (Å²) in [4.78, 5) is 12.7. The van der Waals surface area contributed by atoms with E-state index in [4.69, 9.17) is 19.3 Å². The van der Waals surface area contributed by atoms with Gasteiger partial charge < -0.3 is 19.5 Å². The number of aromatic nitrogens is 2. The third-order valence-electron chi connectivity index (χ3n) is 5.98. The number of amides is 1. The number of aryl methyl sites for hydroxylation is 1. The number of hydrogen-bond acceptors (Lipinski definition) is 5. The van der Waals surface area contributed by atoms with Crippen molar-refractivity contribution in [3.63, 3.8) is 0 Å². The summed E-state index contributed by atoms with van der Waals surface area (Å²) in [5.74, 6) is 2.23. The van der Waals surface area contributed by atoms with Crippen LogP contribution < -0.4 is 14.8 Å². The van der Waals surface area contributed by atoms with Crippen LogP contribution in [0.5, 0.6) is 11.5 Å². The fraction of sp³-hybridized carbons (Fsp3) is 0.565. The molecule has 7 heteroatoms. The Bertz CT molecular complexity index is 904. The highest BCUT2D eigenvalue weighted by molar-refractivity contribution is 5.76. The van der Waals surface area contributed by atoms with Crippen LogP contribution in [-0.4, -0.2) is 36.5 Å². The molecule has 2 aromatic rings. The number of methoxy groups -OCH3 is 2. The molecule has 1 aliphatic heterocycles. The van der Waals surface area contributed by atoms with Crippen molar-refractivity contribution < 1.29 is 19.0 Å². The molecular weight excluding hydrogens is 382 g/mol. The molecule has 1 fully saturated rings. The van der Waals surface area contributed by atoms with E-state index in [1.807, 2.05) is 25.1 Å². The van der Waals surface area contributed by atoms with Crippen molar-refractivity contribution in [1.29, 1.82) is 0 Å². The quantitative estimate of drug-likeness (QED) is 0.683. The summed E-state index contributed by atoms with van der Waals surface area (Å²) < 4.78 is 18.6. The average Bonchev–Trinajstić information content (AvgIpc) is 3.52. The van der Waals surface area contributed by atoms with Gasteiger partial charge in [-0.15, -0.1) is 0 Å². The number of carbonyl (C=O) groups excluding carboxylic acids is 1. The molecule has 1 aromatic carbocycles. The molecule has 7 nitrogen and oxygen atoms in total. The van der Waals surface area contributed by atoms with Gasteiger partial charge in [0.1, 0.15) is 11.5 Å². The predicted molar refractivity (Wildman–Crippen MR) is 113 cm³/mol. The van der Waals surface area contributed by atoms with Gasteiger partial charge in [-0.1, -0.05) is 0 Å². The predicted octanol–water partition coefficient (Wildman–Crippen LogP) is 3.19. The highest BCUT2D eigenvalue weighted by Crippen LogP contribution is 2.33. The molecule has 0 bridgehead atoms. The first kappa shape index (κ1) is 20.7. The Kier molecular flexibility index (Phi) is 6.27. The molecule has 0 spiro atoms. The summed E-state index contributed by atoms with van der Waals surface area (Å²) in [5, 5.41) is 7.93. The van der Waals surface area contributed by atoms with E-state index in [0.717, 1.165) is 48.2 Å². The van der Waals surface area contributed by atoms with Crippen LogP contribution in [0, 0.1) is 5.92 Å². The van der Waals surface area contributed by atoms with Crippen LogP contribution >= 0.6 is 0 Å². The Hall–Kier alpha value is -2.54. The van der Waals surface area contributed by atoms with Gasteiger partial charge in [0.05, 0.1) is 39.2 Å². The molecule has 162 valence electrons. The third-order valence-corrected chi connectivity index (χ3v) is 5.98. The minimum atomic E-state index is -0.188. The number of nitrogens with zero attached hydrogens (tertiary/aromatic N) is 2. The summed E-state index contributed by atoms with van der Waals surface area (Å²) in [6, 6.07) is 5.42. The van der Waals surface area contributed by atoms with E-state index in [1.165, 1.54) is 24.1 Å². The number of nitrogens with one attached hydrogen (secondary N) is 1. The van der Waals surface area contributed by atoms with Gasteiger partial charge in [-0.25, -0.2) is 0 Å². The molecule has 1 aromatic heterocycles. The van der Waals surface area contributed by atoms with Gasteiger partial charge in [-0.2, -0.15) is 5.10 Å². The van der Waals surface area contributed by atoms with Gasteiger partial charge >= 0.3 is 0 Å². The van der Waals surface area contributed by atoms with Crippen molar-refractivity contribution in [2.45, 2.75) is 58.2 Å². The van der Waals surface area contributed by atoms with Gasteiger partial charge in [0.2, 0.25) is 5.91 Å². The molecule has 1 N–H and O–H groups in total. The van der Waals surface area contributed by atoms with Gasteiger partial charge in [0.25, 0.3) is 0 Å². The van der Waals surface area contributed by atoms with Crippen LogP contribution in [-0.2, 0) is 35.5 Å². The molecule has 1 atom stereocenters. The van der Waals surface area contributed by atoms with E-state index in [9.17, 15) is 4.79 Å². The minimum Gasteiger partial charge on any atom is -0.497 e. The Balaban J connectivity index is 1.40. The zero-order valence-corrected chi connectivity index (χ0v) is 18.1. The van der Waals surface area contributed by atoms with Gasteiger partial charge in [0.15, 0.2) is 0 Å². The summed E-state index contributed by atoms with van der Waals surface area (Å²) >= 11 is 0. The highest BCUT2D eigenvalue weighted by Gasteiger charge is 2.27. The summed E-state index contributed by atoms with van der Waals surface area (Å²) in [5.41, 5.74) is 4.40. The van der Waals surface area contributed by atoms with Crippen LogP contribution in [0.2, 0.25) is 0 Å². The highest BCUT2D eigenvalue weighted by atomic mass is 16.5. The SMILES string of the molecule is COc1ccc(OC)c(C(C)NC(=O)CCc2nn(CC3CC3)c3c2COCC3)c1. The van der Waals surface area contributed by atoms with Crippen molar-refractivity contribution in [3.05, 3.63) is 40.7 Å². The number of benzene rings is 1. The average molecular weight is 414 g/mol. The fourth-order valence-electron chi connectivity index (χ4n) is 4.08. The van der Waals surface area contributed by atoms with Crippen LogP contribution in [0.3, 0.4) is 0 Å². The van der Waals surface area contributed by atoms with E-state index in [0.29, 0.717) is 19.4 Å². The molecule has 1 amide bonds. The zero-order chi connectivity index (χ0) is 21.1. The van der Waals surface area contributed by atoms with E-state index in [2.05, 4.69) is 10.00 Å².